The van der Waals surface area contributed by atoms with Gasteiger partial charge < -0.3 is 20.3 Å². The van der Waals surface area contributed by atoms with Crippen LogP contribution in [0, 0.1) is 6.92 Å². The average Bonchev–Trinajstić information content (AvgIpc) is 2.73. The molecular weight excluding hydrogens is 390 g/mol. The van der Waals surface area contributed by atoms with E-state index in [1.807, 2.05) is 48.2 Å². The third-order valence-corrected chi connectivity index (χ3v) is 5.24. The van der Waals surface area contributed by atoms with Gasteiger partial charge >= 0.3 is 0 Å². The highest BCUT2D eigenvalue weighted by molar-refractivity contribution is 5.95. The summed E-state index contributed by atoms with van der Waals surface area (Å²) in [6.45, 7) is 4.12. The summed E-state index contributed by atoms with van der Waals surface area (Å²) in [6, 6.07) is 13.1. The van der Waals surface area contributed by atoms with Crippen LogP contribution in [0.3, 0.4) is 0 Å². The number of ether oxygens (including phenoxy) is 1. The number of methoxy groups -OCH3 is 1. The number of amides is 2. The van der Waals surface area contributed by atoms with Crippen molar-refractivity contribution in [1.29, 1.82) is 0 Å². The van der Waals surface area contributed by atoms with Crippen molar-refractivity contribution in [3.63, 3.8) is 0 Å². The number of nitrogens with two attached hydrogens (primary N) is 1. The first kappa shape index (κ1) is 22.6. The van der Waals surface area contributed by atoms with E-state index < -0.39 is 0 Å². The number of carbonyl (C=O) groups excluding carboxylic acids is 2. The smallest absolute Gasteiger partial charge is 0.254 e. The summed E-state index contributed by atoms with van der Waals surface area (Å²) < 4.78 is 5.31. The zero-order valence-corrected chi connectivity index (χ0v) is 17.7. The van der Waals surface area contributed by atoms with Crippen LogP contribution in [0.4, 0.5) is 5.69 Å². The average molecular weight is 418 g/mol. The number of nitrogens with zero attached hydrogens (tertiary/aromatic N) is 2. The number of hydrogen-bond acceptors (Lipinski definition) is 4. The number of benzene rings is 2. The lowest BCUT2D eigenvalue weighted by Crippen LogP contribution is -2.50. The van der Waals surface area contributed by atoms with Gasteiger partial charge in [-0.2, -0.15) is 0 Å². The van der Waals surface area contributed by atoms with Crippen LogP contribution < -0.4 is 10.5 Å². The molecule has 0 atom stereocenters. The minimum atomic E-state index is -0.0255. The Hall–Kier alpha value is -2.73. The molecule has 0 saturated carbocycles. The van der Waals surface area contributed by atoms with Gasteiger partial charge in [-0.05, 0) is 42.7 Å². The minimum absolute atomic E-state index is 0. The second-order valence-corrected chi connectivity index (χ2v) is 7.06. The third-order valence-electron chi connectivity index (χ3n) is 5.24. The second-order valence-electron chi connectivity index (χ2n) is 7.06. The summed E-state index contributed by atoms with van der Waals surface area (Å²) in [6.07, 6.45) is 1.06. The molecule has 0 aromatic heterocycles. The molecule has 1 aliphatic heterocycles. The number of aryl methyl sites for hydroxylation is 2. The minimum Gasteiger partial charge on any atom is -0.496 e. The number of piperazine rings is 1. The fraction of sp³-hybridized carbons (Fsp3) is 0.364. The zero-order chi connectivity index (χ0) is 20.1. The van der Waals surface area contributed by atoms with Crippen LogP contribution in [0.25, 0.3) is 0 Å². The first-order chi connectivity index (χ1) is 13.5. The quantitative estimate of drug-likeness (QED) is 0.759. The molecule has 0 radical (unpaired) electrons. The van der Waals surface area contributed by atoms with Crippen LogP contribution in [-0.4, -0.2) is 54.9 Å². The number of carbonyl (C=O) groups is 2. The molecule has 1 fully saturated rings. The fourth-order valence-corrected chi connectivity index (χ4v) is 3.46. The lowest BCUT2D eigenvalue weighted by atomic mass is 10.1. The van der Waals surface area contributed by atoms with Crippen molar-refractivity contribution in [2.75, 3.05) is 39.0 Å². The predicted molar refractivity (Wildman–Crippen MR) is 117 cm³/mol. The molecule has 1 heterocycles. The predicted octanol–water partition coefficient (Wildman–Crippen LogP) is 2.92. The van der Waals surface area contributed by atoms with Crippen LogP contribution in [0.15, 0.2) is 42.5 Å². The van der Waals surface area contributed by atoms with Crippen LogP contribution in [-0.2, 0) is 11.2 Å². The Morgan fingerprint density at radius 1 is 1.03 bits per heavy atom. The van der Waals surface area contributed by atoms with E-state index in [0.717, 1.165) is 16.8 Å². The Balaban J connectivity index is 0.00000300. The summed E-state index contributed by atoms with van der Waals surface area (Å²) in [7, 11) is 1.60. The lowest BCUT2D eigenvalue weighted by Gasteiger charge is -2.35. The second kappa shape index (κ2) is 10.2. The number of hydrogen-bond donors (Lipinski definition) is 1. The SMILES string of the molecule is COc1cc(C(=O)N2CCN(C(=O)CCc3ccccc3N)CC2)ccc1C.Cl. The van der Waals surface area contributed by atoms with Crippen molar-refractivity contribution in [2.24, 2.45) is 0 Å². The standard InChI is InChI=1S/C22H27N3O3.ClH/c1-16-7-8-18(15-20(16)28-2)22(27)25-13-11-24(12-14-25)21(26)10-9-17-5-3-4-6-19(17)23;/h3-8,15H,9-14,23H2,1-2H3;1H. The lowest BCUT2D eigenvalue weighted by molar-refractivity contribution is -0.132. The molecule has 0 aliphatic carbocycles. The summed E-state index contributed by atoms with van der Waals surface area (Å²) in [4.78, 5) is 28.9. The number of para-hydroxylation sites is 1. The number of rotatable bonds is 5. The molecular formula is C22H28ClN3O3. The first-order valence-electron chi connectivity index (χ1n) is 9.54. The molecule has 1 saturated heterocycles. The molecule has 3 rings (SSSR count). The Kier molecular flexibility index (Phi) is 7.91. The highest BCUT2D eigenvalue weighted by atomic mass is 35.5. The zero-order valence-electron chi connectivity index (χ0n) is 16.9. The monoisotopic (exact) mass is 417 g/mol. The molecule has 2 amide bonds. The van der Waals surface area contributed by atoms with Crippen molar-refractivity contribution in [3.8, 4) is 5.75 Å². The van der Waals surface area contributed by atoms with Gasteiger partial charge in [0.1, 0.15) is 5.75 Å². The van der Waals surface area contributed by atoms with Crippen LogP contribution >= 0.6 is 12.4 Å². The maximum absolute atomic E-state index is 12.8. The van der Waals surface area contributed by atoms with Crippen molar-refractivity contribution < 1.29 is 14.3 Å². The summed E-state index contributed by atoms with van der Waals surface area (Å²) in [5.41, 5.74) is 9.27. The molecule has 2 aromatic rings. The molecule has 1 aliphatic rings. The van der Waals surface area contributed by atoms with Gasteiger partial charge in [0.2, 0.25) is 5.91 Å². The molecule has 29 heavy (non-hydrogen) atoms. The van der Waals surface area contributed by atoms with E-state index in [-0.39, 0.29) is 24.2 Å². The maximum Gasteiger partial charge on any atom is 0.254 e. The first-order valence-corrected chi connectivity index (χ1v) is 9.54. The van der Waals surface area contributed by atoms with Gasteiger partial charge in [-0.15, -0.1) is 12.4 Å². The number of nitrogen functional groups attached to an aromatic ring is 1. The largest absolute Gasteiger partial charge is 0.496 e. The molecule has 0 bridgehead atoms. The molecule has 156 valence electrons. The summed E-state index contributed by atoms with van der Waals surface area (Å²) in [5.74, 6) is 0.787. The van der Waals surface area contributed by atoms with Gasteiger partial charge in [0.25, 0.3) is 5.91 Å². The van der Waals surface area contributed by atoms with Gasteiger partial charge in [-0.3, -0.25) is 9.59 Å². The molecule has 0 spiro atoms. The Morgan fingerprint density at radius 3 is 2.34 bits per heavy atom. The van der Waals surface area contributed by atoms with E-state index in [2.05, 4.69) is 0 Å². The van der Waals surface area contributed by atoms with Crippen LogP contribution in [0.1, 0.15) is 27.9 Å². The van der Waals surface area contributed by atoms with Crippen molar-refractivity contribution >= 4 is 29.9 Å². The number of halogens is 1. The van der Waals surface area contributed by atoms with E-state index in [4.69, 9.17) is 10.5 Å². The molecule has 0 unspecified atom stereocenters. The van der Waals surface area contributed by atoms with Gasteiger partial charge in [0.05, 0.1) is 7.11 Å². The third kappa shape index (κ3) is 5.41. The number of anilines is 1. The Bertz CT molecular complexity index is 864. The van der Waals surface area contributed by atoms with Gasteiger partial charge in [-0.25, -0.2) is 0 Å². The normalized spacial score (nSPS) is 13.6. The van der Waals surface area contributed by atoms with Crippen molar-refractivity contribution in [1.82, 2.24) is 9.80 Å². The highest BCUT2D eigenvalue weighted by Crippen LogP contribution is 2.21. The van der Waals surface area contributed by atoms with E-state index in [1.54, 1.807) is 18.1 Å². The Morgan fingerprint density at radius 2 is 1.69 bits per heavy atom. The molecule has 2 aromatic carbocycles. The van der Waals surface area contributed by atoms with Crippen LogP contribution in [0.5, 0.6) is 5.75 Å². The van der Waals surface area contributed by atoms with Gasteiger partial charge in [0, 0.05) is 43.9 Å². The molecule has 2 N–H and O–H groups in total. The van der Waals surface area contributed by atoms with Crippen molar-refractivity contribution in [3.05, 3.63) is 59.2 Å². The molecule has 6 nitrogen and oxygen atoms in total. The maximum atomic E-state index is 12.8. The van der Waals surface area contributed by atoms with Crippen LogP contribution in [0.2, 0.25) is 0 Å². The summed E-state index contributed by atoms with van der Waals surface area (Å²) >= 11 is 0. The summed E-state index contributed by atoms with van der Waals surface area (Å²) in [5, 5.41) is 0. The highest BCUT2D eigenvalue weighted by Gasteiger charge is 2.25. The Labute approximate surface area is 178 Å². The van der Waals surface area contributed by atoms with Crippen molar-refractivity contribution in [2.45, 2.75) is 19.8 Å². The topological polar surface area (TPSA) is 75.9 Å². The molecule has 7 heteroatoms. The van der Waals surface area contributed by atoms with Gasteiger partial charge in [-0.1, -0.05) is 24.3 Å². The van der Waals surface area contributed by atoms with Gasteiger partial charge in [0.15, 0.2) is 0 Å². The van der Waals surface area contributed by atoms with E-state index in [0.29, 0.717) is 50.3 Å². The van der Waals surface area contributed by atoms with E-state index >= 15 is 0 Å². The van der Waals surface area contributed by atoms with E-state index in [1.165, 1.54) is 0 Å². The fourth-order valence-electron chi connectivity index (χ4n) is 3.46. The van der Waals surface area contributed by atoms with E-state index in [9.17, 15) is 9.59 Å².